The average molecular weight is 330 g/mol. The van der Waals surface area contributed by atoms with Gasteiger partial charge in [0.1, 0.15) is 5.75 Å². The van der Waals surface area contributed by atoms with Crippen LogP contribution in [0.2, 0.25) is 0 Å². The Morgan fingerprint density at radius 1 is 1.06 bits per heavy atom. The highest BCUT2D eigenvalue weighted by Crippen LogP contribution is 2.48. The van der Waals surface area contributed by atoms with Crippen LogP contribution in [-0.2, 0) is 10.8 Å². The lowest BCUT2D eigenvalue weighted by molar-refractivity contribution is 0.327. The number of phenolic OH excluding ortho intramolecular Hbond substituents is 1. The molecule has 1 aromatic carbocycles. The first-order valence-electron chi connectivity index (χ1n) is 5.78. The maximum Gasteiger partial charge on any atom is 0.129 e. The van der Waals surface area contributed by atoms with Crippen molar-refractivity contribution in [2.24, 2.45) is 0 Å². The first kappa shape index (κ1) is 12.2. The summed E-state index contributed by atoms with van der Waals surface area (Å²) in [6.07, 6.45) is 2.40. The molecule has 0 saturated carbocycles. The zero-order valence-electron chi connectivity index (χ0n) is 10.4. The van der Waals surface area contributed by atoms with Gasteiger partial charge in [0.25, 0.3) is 0 Å². The van der Waals surface area contributed by atoms with Crippen LogP contribution in [0.1, 0.15) is 51.7 Å². The molecule has 16 heavy (non-hydrogen) atoms. The Labute approximate surface area is 111 Å². The second-order valence-electron chi connectivity index (χ2n) is 6.09. The summed E-state index contributed by atoms with van der Waals surface area (Å²) < 4.78 is 1.04. The van der Waals surface area contributed by atoms with E-state index in [2.05, 4.69) is 56.4 Å². The van der Waals surface area contributed by atoms with Gasteiger partial charge in [0, 0.05) is 0 Å². The Morgan fingerprint density at radius 2 is 1.62 bits per heavy atom. The summed E-state index contributed by atoms with van der Waals surface area (Å²) >= 11 is 2.28. The van der Waals surface area contributed by atoms with E-state index in [0.717, 1.165) is 3.57 Å². The lowest BCUT2D eigenvalue weighted by atomic mass is 9.63. The quantitative estimate of drug-likeness (QED) is 0.702. The second-order valence-corrected chi connectivity index (χ2v) is 7.17. The molecule has 1 N–H and O–H groups in total. The molecule has 0 aliphatic heterocycles. The van der Waals surface area contributed by atoms with Crippen LogP contribution in [0.25, 0.3) is 0 Å². The number of hydrogen-bond donors (Lipinski definition) is 1. The molecule has 1 aliphatic rings. The van der Waals surface area contributed by atoms with Gasteiger partial charge < -0.3 is 5.11 Å². The molecular formula is C14H19IO. The van der Waals surface area contributed by atoms with Gasteiger partial charge in [-0.2, -0.15) is 0 Å². The molecule has 1 aliphatic carbocycles. The first-order chi connectivity index (χ1) is 7.26. The summed E-state index contributed by atoms with van der Waals surface area (Å²) in [5.74, 6) is 0.421. The predicted molar refractivity (Wildman–Crippen MR) is 76.1 cm³/mol. The monoisotopic (exact) mass is 330 g/mol. The molecule has 1 nitrogen and oxygen atoms in total. The van der Waals surface area contributed by atoms with E-state index < -0.39 is 0 Å². The van der Waals surface area contributed by atoms with Crippen molar-refractivity contribution < 1.29 is 5.11 Å². The van der Waals surface area contributed by atoms with Crippen molar-refractivity contribution in [3.63, 3.8) is 0 Å². The molecule has 0 unspecified atom stereocenters. The molecule has 88 valence electrons. The van der Waals surface area contributed by atoms with Crippen LogP contribution in [-0.4, -0.2) is 5.11 Å². The summed E-state index contributed by atoms with van der Waals surface area (Å²) in [5.41, 5.74) is 3.17. The molecule has 2 rings (SSSR count). The Morgan fingerprint density at radius 3 is 2.25 bits per heavy atom. The molecule has 0 saturated heterocycles. The fourth-order valence-electron chi connectivity index (χ4n) is 2.68. The normalized spacial score (nSPS) is 21.6. The summed E-state index contributed by atoms with van der Waals surface area (Å²) in [7, 11) is 0. The van der Waals surface area contributed by atoms with Crippen LogP contribution in [0.3, 0.4) is 0 Å². The van der Waals surface area contributed by atoms with E-state index in [-0.39, 0.29) is 10.8 Å². The lowest BCUT2D eigenvalue weighted by Crippen LogP contribution is -2.34. The minimum absolute atomic E-state index is 0.181. The number of aromatic hydroxyl groups is 1. The van der Waals surface area contributed by atoms with Gasteiger partial charge in [-0.3, -0.25) is 0 Å². The number of fused-ring (bicyclic) bond motifs is 1. The lowest BCUT2D eigenvalue weighted by Gasteiger charge is -2.42. The van der Waals surface area contributed by atoms with Crippen molar-refractivity contribution in [1.82, 2.24) is 0 Å². The predicted octanol–water partition coefficient (Wildman–Crippen LogP) is 4.35. The van der Waals surface area contributed by atoms with Crippen LogP contribution in [0.4, 0.5) is 0 Å². The van der Waals surface area contributed by atoms with Crippen LogP contribution in [0.5, 0.6) is 5.75 Å². The molecule has 1 aromatic rings. The Balaban J connectivity index is 2.75. The van der Waals surface area contributed by atoms with Gasteiger partial charge in [0.15, 0.2) is 0 Å². The standard InChI is InChI=1S/C14H19IO/c1-13(2)7-8-14(3,4)11-9(13)5-6-10(16)12(11)15/h5-6,16H,7-8H2,1-4H3. The molecule has 0 radical (unpaired) electrons. The molecule has 0 amide bonds. The molecule has 0 spiro atoms. The van der Waals surface area contributed by atoms with Gasteiger partial charge >= 0.3 is 0 Å². The van der Waals surface area contributed by atoms with Crippen molar-refractivity contribution >= 4 is 22.6 Å². The number of rotatable bonds is 0. The summed E-state index contributed by atoms with van der Waals surface area (Å²) in [5, 5.41) is 9.87. The third-order valence-electron chi connectivity index (χ3n) is 3.90. The molecule has 0 heterocycles. The molecular weight excluding hydrogens is 311 g/mol. The first-order valence-corrected chi connectivity index (χ1v) is 6.86. The largest absolute Gasteiger partial charge is 0.507 e. The molecule has 0 bridgehead atoms. The Kier molecular flexibility index (Phi) is 2.76. The van der Waals surface area contributed by atoms with E-state index in [1.807, 2.05) is 6.07 Å². The van der Waals surface area contributed by atoms with Gasteiger partial charge in [-0.05, 0) is 63.5 Å². The SMILES string of the molecule is CC1(C)CCC(C)(C)c2c1ccc(O)c2I. The van der Waals surface area contributed by atoms with E-state index in [0.29, 0.717) is 5.75 Å². The number of benzene rings is 1. The minimum atomic E-state index is 0.181. The zero-order chi connectivity index (χ0) is 12.1. The van der Waals surface area contributed by atoms with E-state index >= 15 is 0 Å². The second kappa shape index (κ2) is 3.62. The van der Waals surface area contributed by atoms with Crippen molar-refractivity contribution in [3.8, 4) is 5.75 Å². The van der Waals surface area contributed by atoms with Gasteiger partial charge in [-0.1, -0.05) is 33.8 Å². The Bertz CT molecular complexity index is 433. The van der Waals surface area contributed by atoms with Crippen molar-refractivity contribution in [1.29, 1.82) is 0 Å². The van der Waals surface area contributed by atoms with Gasteiger partial charge in [0.05, 0.1) is 3.57 Å². The summed E-state index contributed by atoms with van der Waals surface area (Å²) in [6.45, 7) is 9.16. The third kappa shape index (κ3) is 1.75. The highest BCUT2D eigenvalue weighted by Gasteiger charge is 2.38. The van der Waals surface area contributed by atoms with E-state index in [4.69, 9.17) is 0 Å². The van der Waals surface area contributed by atoms with Crippen molar-refractivity contribution in [2.75, 3.05) is 0 Å². The van der Waals surface area contributed by atoms with Crippen molar-refractivity contribution in [3.05, 3.63) is 26.8 Å². The van der Waals surface area contributed by atoms with Crippen LogP contribution in [0.15, 0.2) is 12.1 Å². The van der Waals surface area contributed by atoms with Crippen molar-refractivity contribution in [2.45, 2.75) is 51.4 Å². The van der Waals surface area contributed by atoms with E-state index in [1.54, 1.807) is 0 Å². The van der Waals surface area contributed by atoms with Crippen LogP contribution >= 0.6 is 22.6 Å². The molecule has 0 atom stereocenters. The highest BCUT2D eigenvalue weighted by atomic mass is 127. The number of hydrogen-bond acceptors (Lipinski definition) is 1. The van der Waals surface area contributed by atoms with Gasteiger partial charge in [0.2, 0.25) is 0 Å². The minimum Gasteiger partial charge on any atom is -0.507 e. The molecule has 0 fully saturated rings. The third-order valence-corrected chi connectivity index (χ3v) is 4.99. The smallest absolute Gasteiger partial charge is 0.129 e. The summed E-state index contributed by atoms with van der Waals surface area (Å²) in [4.78, 5) is 0. The van der Waals surface area contributed by atoms with E-state index in [9.17, 15) is 5.11 Å². The Hall–Kier alpha value is -0.250. The zero-order valence-corrected chi connectivity index (χ0v) is 12.6. The van der Waals surface area contributed by atoms with Gasteiger partial charge in [-0.25, -0.2) is 0 Å². The van der Waals surface area contributed by atoms with Crippen LogP contribution in [0, 0.1) is 3.57 Å². The fraction of sp³-hybridized carbons (Fsp3) is 0.571. The maximum atomic E-state index is 9.87. The summed E-state index contributed by atoms with van der Waals surface area (Å²) in [6, 6.07) is 3.94. The highest BCUT2D eigenvalue weighted by molar-refractivity contribution is 14.1. The maximum absolute atomic E-state index is 9.87. The van der Waals surface area contributed by atoms with E-state index in [1.165, 1.54) is 24.0 Å². The average Bonchev–Trinajstić information content (AvgIpc) is 2.17. The number of phenols is 1. The number of halogens is 1. The van der Waals surface area contributed by atoms with Gasteiger partial charge in [-0.15, -0.1) is 0 Å². The fourth-order valence-corrected chi connectivity index (χ4v) is 3.88. The molecule has 0 aromatic heterocycles. The topological polar surface area (TPSA) is 20.2 Å². The van der Waals surface area contributed by atoms with Crippen LogP contribution < -0.4 is 0 Å². The molecule has 2 heteroatoms.